The maximum atomic E-state index is 15.5. The summed E-state index contributed by atoms with van der Waals surface area (Å²) >= 11 is 0. The van der Waals surface area contributed by atoms with Crippen LogP contribution in [0.25, 0.3) is 11.3 Å². The van der Waals surface area contributed by atoms with Gasteiger partial charge in [-0.25, -0.2) is 9.37 Å². The maximum absolute atomic E-state index is 15.5. The van der Waals surface area contributed by atoms with Crippen molar-refractivity contribution < 1.29 is 35.5 Å². The molecular formula is C23H18F7N3O. The van der Waals surface area contributed by atoms with E-state index >= 15 is 4.39 Å². The lowest BCUT2D eigenvalue weighted by Gasteiger charge is -2.28. The van der Waals surface area contributed by atoms with Gasteiger partial charge in [-0.15, -0.1) is 0 Å². The Morgan fingerprint density at radius 3 is 2.24 bits per heavy atom. The average Bonchev–Trinajstić information content (AvgIpc) is 2.71. The fourth-order valence-electron chi connectivity index (χ4n) is 3.75. The molecule has 0 bridgehead atoms. The largest absolute Gasteiger partial charge is 0.485 e. The van der Waals surface area contributed by atoms with Crippen molar-refractivity contribution in [1.82, 2.24) is 9.97 Å². The number of hydrogen-bond donors (Lipinski definition) is 1. The third kappa shape index (κ3) is 4.78. The van der Waals surface area contributed by atoms with Crippen LogP contribution in [0.1, 0.15) is 47.4 Å². The number of nitrogens with two attached hydrogens (primary N) is 1. The number of rotatable bonds is 5. The van der Waals surface area contributed by atoms with E-state index in [4.69, 9.17) is 10.5 Å². The summed E-state index contributed by atoms with van der Waals surface area (Å²) in [6.45, 7) is -0.910. The summed E-state index contributed by atoms with van der Waals surface area (Å²) in [5.41, 5.74) is 2.74. The van der Waals surface area contributed by atoms with Gasteiger partial charge >= 0.3 is 12.4 Å². The van der Waals surface area contributed by atoms with Gasteiger partial charge in [0.2, 0.25) is 0 Å². The van der Waals surface area contributed by atoms with Crippen LogP contribution in [-0.4, -0.2) is 9.97 Å². The first-order valence-electron chi connectivity index (χ1n) is 10.3. The second kappa shape index (κ2) is 8.77. The second-order valence-corrected chi connectivity index (χ2v) is 7.96. The van der Waals surface area contributed by atoms with E-state index in [1.807, 2.05) is 0 Å². The van der Waals surface area contributed by atoms with Crippen LogP contribution in [0.4, 0.5) is 36.6 Å². The summed E-state index contributed by atoms with van der Waals surface area (Å²) in [5, 5.41) is 0. The highest BCUT2D eigenvalue weighted by Crippen LogP contribution is 2.44. The van der Waals surface area contributed by atoms with Crippen LogP contribution in [0.15, 0.2) is 42.7 Å². The van der Waals surface area contributed by atoms with Crippen LogP contribution in [-0.2, 0) is 19.0 Å². The fourth-order valence-corrected chi connectivity index (χ4v) is 3.75. The summed E-state index contributed by atoms with van der Waals surface area (Å²) < 4.78 is 101. The molecule has 1 saturated carbocycles. The van der Waals surface area contributed by atoms with Crippen molar-refractivity contribution in [3.8, 4) is 17.0 Å². The minimum Gasteiger partial charge on any atom is -0.485 e. The van der Waals surface area contributed by atoms with Crippen molar-refractivity contribution in [1.29, 1.82) is 0 Å². The summed E-state index contributed by atoms with van der Waals surface area (Å²) in [5.74, 6) is -1.16. The van der Waals surface area contributed by atoms with Crippen LogP contribution >= 0.6 is 0 Å². The van der Waals surface area contributed by atoms with Crippen molar-refractivity contribution in [2.24, 2.45) is 0 Å². The molecule has 3 aromatic rings. The molecule has 1 fully saturated rings. The Kier molecular flexibility index (Phi) is 6.13. The third-order valence-corrected chi connectivity index (χ3v) is 5.73. The Morgan fingerprint density at radius 2 is 1.68 bits per heavy atom. The highest BCUT2D eigenvalue weighted by Gasteiger charge is 2.37. The lowest BCUT2D eigenvalue weighted by Crippen LogP contribution is -2.16. The monoisotopic (exact) mass is 485 g/mol. The number of hydrogen-bond acceptors (Lipinski definition) is 4. The average molecular weight is 485 g/mol. The molecule has 0 amide bonds. The minimum absolute atomic E-state index is 0.0225. The summed E-state index contributed by atoms with van der Waals surface area (Å²) in [6.07, 6.45) is -4.97. The molecule has 1 aliphatic carbocycles. The molecule has 1 aliphatic rings. The summed E-state index contributed by atoms with van der Waals surface area (Å²) in [7, 11) is 0. The number of benzene rings is 2. The van der Waals surface area contributed by atoms with Crippen LogP contribution in [0.3, 0.4) is 0 Å². The van der Waals surface area contributed by atoms with Gasteiger partial charge in [-0.1, -0.05) is 12.5 Å². The normalized spacial score (nSPS) is 14.7. The van der Waals surface area contributed by atoms with Gasteiger partial charge in [0.1, 0.15) is 12.4 Å². The van der Waals surface area contributed by atoms with Crippen LogP contribution < -0.4 is 10.5 Å². The van der Waals surface area contributed by atoms with E-state index in [-0.39, 0.29) is 28.7 Å². The molecule has 0 radical (unpaired) electrons. The maximum Gasteiger partial charge on any atom is 0.416 e. The molecule has 0 unspecified atom stereocenters. The van der Waals surface area contributed by atoms with E-state index in [1.54, 1.807) is 6.07 Å². The van der Waals surface area contributed by atoms with Crippen molar-refractivity contribution in [3.63, 3.8) is 0 Å². The van der Waals surface area contributed by atoms with Crippen LogP contribution in [0, 0.1) is 5.82 Å². The molecule has 1 heterocycles. The van der Waals surface area contributed by atoms with Gasteiger partial charge < -0.3 is 10.5 Å². The van der Waals surface area contributed by atoms with Crippen LogP contribution in [0.2, 0.25) is 0 Å². The quantitative estimate of drug-likeness (QED) is 0.406. The van der Waals surface area contributed by atoms with Gasteiger partial charge in [0, 0.05) is 16.7 Å². The number of nitrogen functional groups attached to an aromatic ring is 1. The Balaban J connectivity index is 1.75. The highest BCUT2D eigenvalue weighted by atomic mass is 19.4. The van der Waals surface area contributed by atoms with Gasteiger partial charge in [0.05, 0.1) is 29.2 Å². The topological polar surface area (TPSA) is 61.0 Å². The number of ether oxygens (including phenoxy) is 1. The number of halogens is 7. The zero-order chi connectivity index (χ0) is 24.7. The predicted octanol–water partition coefficient (Wildman–Crippen LogP) is 6.75. The first-order valence-corrected chi connectivity index (χ1v) is 10.3. The lowest BCUT2D eigenvalue weighted by molar-refractivity contribution is -0.142. The van der Waals surface area contributed by atoms with E-state index in [0.29, 0.717) is 23.8 Å². The number of anilines is 1. The molecule has 11 heteroatoms. The highest BCUT2D eigenvalue weighted by molar-refractivity contribution is 5.64. The lowest BCUT2D eigenvalue weighted by atomic mass is 9.79. The van der Waals surface area contributed by atoms with Gasteiger partial charge in [-0.3, -0.25) is 4.98 Å². The van der Waals surface area contributed by atoms with Crippen molar-refractivity contribution in [3.05, 3.63) is 70.8 Å². The molecule has 0 saturated heterocycles. The molecule has 4 nitrogen and oxygen atoms in total. The van der Waals surface area contributed by atoms with Crippen molar-refractivity contribution in [2.75, 3.05) is 5.73 Å². The molecule has 34 heavy (non-hydrogen) atoms. The van der Waals surface area contributed by atoms with Crippen LogP contribution in [0.5, 0.6) is 5.75 Å². The number of alkyl halides is 6. The summed E-state index contributed by atoms with van der Waals surface area (Å²) in [4.78, 5) is 7.86. The molecule has 2 aromatic carbocycles. The number of aromatic nitrogens is 2. The van der Waals surface area contributed by atoms with Gasteiger partial charge in [-0.05, 0) is 43.0 Å². The Morgan fingerprint density at radius 1 is 0.941 bits per heavy atom. The smallest absolute Gasteiger partial charge is 0.416 e. The molecule has 180 valence electrons. The van der Waals surface area contributed by atoms with Crippen molar-refractivity contribution in [2.45, 2.75) is 44.1 Å². The number of nitrogens with zero attached hydrogens (tertiary/aromatic N) is 2. The second-order valence-electron chi connectivity index (χ2n) is 7.96. The molecule has 2 N–H and O–H groups in total. The zero-order valence-electron chi connectivity index (χ0n) is 17.5. The first kappa shape index (κ1) is 23.8. The van der Waals surface area contributed by atoms with E-state index < -0.39 is 41.5 Å². The molecular weight excluding hydrogens is 467 g/mol. The first-order chi connectivity index (χ1) is 15.9. The minimum atomic E-state index is -4.92. The van der Waals surface area contributed by atoms with Gasteiger partial charge in [0.25, 0.3) is 0 Å². The molecule has 1 aromatic heterocycles. The molecule has 4 rings (SSSR count). The Bertz CT molecular complexity index is 1190. The molecule has 0 atom stereocenters. The predicted molar refractivity (Wildman–Crippen MR) is 109 cm³/mol. The fraction of sp³-hybridized carbons (Fsp3) is 0.304. The van der Waals surface area contributed by atoms with E-state index in [2.05, 4.69) is 9.97 Å². The van der Waals surface area contributed by atoms with Crippen molar-refractivity contribution >= 4 is 5.82 Å². The van der Waals surface area contributed by atoms with E-state index in [1.165, 1.54) is 18.5 Å². The van der Waals surface area contributed by atoms with Gasteiger partial charge in [-0.2, -0.15) is 26.3 Å². The third-order valence-electron chi connectivity index (χ3n) is 5.73. The Hall–Kier alpha value is -3.37. The molecule has 0 aliphatic heterocycles. The SMILES string of the molecule is Nc1cnc(-c2ccc(C3CCC3)c(OCc3cc(C(F)(F)F)ccc3C(F)(F)F)c2F)cn1. The zero-order valence-corrected chi connectivity index (χ0v) is 17.5. The Labute approximate surface area is 189 Å². The van der Waals surface area contributed by atoms with Gasteiger partial charge in [0.15, 0.2) is 11.6 Å². The molecule has 0 spiro atoms. The standard InChI is InChI=1S/C23H18F7N3O/c24-20-16(18-9-33-19(31)10-32-18)6-5-15(12-2-1-3-12)21(20)34-11-13-8-14(22(25,26)27)4-7-17(13)23(28,29)30/h4-10,12H,1-3,11H2,(H2,31,33). The summed E-state index contributed by atoms with van der Waals surface area (Å²) in [6, 6.07) is 4.13. The van der Waals surface area contributed by atoms with E-state index in [0.717, 1.165) is 19.3 Å². The van der Waals surface area contributed by atoms with E-state index in [9.17, 15) is 26.3 Å².